The smallest absolute Gasteiger partial charge is 0.111 e. The summed E-state index contributed by atoms with van der Waals surface area (Å²) in [6.07, 6.45) is -1.36. The second-order valence-corrected chi connectivity index (χ2v) is 5.31. The number of allylic oxidation sites excluding steroid dienone is 1. The first kappa shape index (κ1) is 14.0. The highest BCUT2D eigenvalue weighted by Crippen LogP contribution is 2.19. The van der Waals surface area contributed by atoms with E-state index >= 15 is 0 Å². The molecule has 3 N–H and O–H groups in total. The minimum Gasteiger partial charge on any atom is -0.388 e. The van der Waals surface area contributed by atoms with Crippen molar-refractivity contribution in [2.24, 2.45) is 0 Å². The fraction of sp³-hybridized carbons (Fsp3) is 0.818. The van der Waals surface area contributed by atoms with Crippen molar-refractivity contribution in [3.8, 4) is 0 Å². The Labute approximate surface area is 100 Å². The number of rotatable bonds is 4. The summed E-state index contributed by atoms with van der Waals surface area (Å²) >= 11 is 1.64. The number of aliphatic hydroxyl groups is 3. The largest absolute Gasteiger partial charge is 0.388 e. The molecule has 0 unspecified atom stereocenters. The van der Waals surface area contributed by atoms with Crippen LogP contribution in [0.25, 0.3) is 0 Å². The van der Waals surface area contributed by atoms with Gasteiger partial charge in [0.2, 0.25) is 0 Å². The van der Waals surface area contributed by atoms with Gasteiger partial charge in [-0.25, -0.2) is 0 Å². The molecule has 1 rings (SSSR count). The minimum atomic E-state index is -1.09. The Morgan fingerprint density at radius 3 is 2.62 bits per heavy atom. The van der Waals surface area contributed by atoms with Crippen LogP contribution in [0.2, 0.25) is 0 Å². The molecule has 0 aromatic rings. The van der Waals surface area contributed by atoms with E-state index in [0.717, 1.165) is 5.75 Å². The van der Waals surface area contributed by atoms with Gasteiger partial charge in [0, 0.05) is 11.5 Å². The molecule has 0 aliphatic carbocycles. The highest BCUT2D eigenvalue weighted by Gasteiger charge is 2.36. The van der Waals surface area contributed by atoms with E-state index in [2.05, 4.69) is 6.08 Å². The molecule has 0 aromatic carbocycles. The Morgan fingerprint density at radius 2 is 2.00 bits per heavy atom. The second kappa shape index (κ2) is 6.61. The fourth-order valence-corrected chi connectivity index (χ4v) is 2.54. The van der Waals surface area contributed by atoms with Crippen molar-refractivity contribution in [2.75, 3.05) is 18.1 Å². The summed E-state index contributed by atoms with van der Waals surface area (Å²) in [4.78, 5) is 0. The van der Waals surface area contributed by atoms with Gasteiger partial charge in [0.15, 0.2) is 0 Å². The predicted octanol–water partition coefficient (Wildman–Crippen LogP) is 0.167. The first-order chi connectivity index (χ1) is 7.52. The standard InChI is InChI=1S/C11H20O4S/c1-7(2)3-4-16-6-9-11(14)10(13)8(12)5-15-9/h3,8-14H,4-6H2,1-2H3/t8-,9+,10+,11+/m1/s1. The molecule has 0 aromatic heterocycles. The average Bonchev–Trinajstić information content (AvgIpc) is 2.23. The van der Waals surface area contributed by atoms with E-state index in [1.165, 1.54) is 5.57 Å². The van der Waals surface area contributed by atoms with Gasteiger partial charge in [-0.15, -0.1) is 0 Å². The zero-order chi connectivity index (χ0) is 12.1. The molecule has 1 aliphatic rings. The molecule has 0 amide bonds. The molecule has 16 heavy (non-hydrogen) atoms. The molecule has 1 saturated heterocycles. The molecule has 0 radical (unpaired) electrons. The molecule has 5 heteroatoms. The van der Waals surface area contributed by atoms with Gasteiger partial charge >= 0.3 is 0 Å². The van der Waals surface area contributed by atoms with Crippen LogP contribution in [0.5, 0.6) is 0 Å². The molecule has 0 bridgehead atoms. The normalized spacial score (nSPS) is 34.8. The number of ether oxygens (including phenoxy) is 1. The number of thioether (sulfide) groups is 1. The second-order valence-electron chi connectivity index (χ2n) is 4.24. The topological polar surface area (TPSA) is 69.9 Å². The lowest BCUT2D eigenvalue weighted by Gasteiger charge is -2.35. The molecule has 1 fully saturated rings. The third-order valence-corrected chi connectivity index (χ3v) is 3.46. The van der Waals surface area contributed by atoms with E-state index in [-0.39, 0.29) is 6.61 Å². The van der Waals surface area contributed by atoms with E-state index < -0.39 is 24.4 Å². The minimum absolute atomic E-state index is 0.0894. The van der Waals surface area contributed by atoms with Crippen molar-refractivity contribution in [3.63, 3.8) is 0 Å². The van der Waals surface area contributed by atoms with Gasteiger partial charge in [-0.05, 0) is 13.8 Å². The maximum absolute atomic E-state index is 9.65. The van der Waals surface area contributed by atoms with Gasteiger partial charge in [-0.1, -0.05) is 11.6 Å². The fourth-order valence-electron chi connectivity index (χ4n) is 1.42. The van der Waals surface area contributed by atoms with Crippen LogP contribution in [0.15, 0.2) is 11.6 Å². The van der Waals surface area contributed by atoms with Crippen molar-refractivity contribution in [1.29, 1.82) is 0 Å². The van der Waals surface area contributed by atoms with Gasteiger partial charge in [-0.3, -0.25) is 0 Å². The van der Waals surface area contributed by atoms with Crippen molar-refractivity contribution in [1.82, 2.24) is 0 Å². The molecule has 0 spiro atoms. The van der Waals surface area contributed by atoms with Crippen LogP contribution in [0.1, 0.15) is 13.8 Å². The Balaban J connectivity index is 2.29. The molecule has 94 valence electrons. The zero-order valence-corrected chi connectivity index (χ0v) is 10.5. The summed E-state index contributed by atoms with van der Waals surface area (Å²) in [6, 6.07) is 0. The monoisotopic (exact) mass is 248 g/mol. The molecule has 1 heterocycles. The lowest BCUT2D eigenvalue weighted by atomic mass is 10.0. The highest BCUT2D eigenvalue weighted by atomic mass is 32.2. The van der Waals surface area contributed by atoms with Crippen molar-refractivity contribution < 1.29 is 20.1 Å². The van der Waals surface area contributed by atoms with Crippen molar-refractivity contribution >= 4 is 11.8 Å². The summed E-state index contributed by atoms with van der Waals surface area (Å²) in [6.45, 7) is 4.16. The summed E-state index contributed by atoms with van der Waals surface area (Å²) in [5.41, 5.74) is 1.26. The van der Waals surface area contributed by atoms with Gasteiger partial charge in [0.1, 0.15) is 18.3 Å². The Bertz CT molecular complexity index is 240. The quantitative estimate of drug-likeness (QED) is 0.489. The number of aliphatic hydroxyl groups excluding tert-OH is 3. The lowest BCUT2D eigenvalue weighted by Crippen LogP contribution is -2.53. The van der Waals surface area contributed by atoms with Crippen LogP contribution >= 0.6 is 11.8 Å². The highest BCUT2D eigenvalue weighted by molar-refractivity contribution is 7.99. The summed E-state index contributed by atoms with van der Waals surface area (Å²) in [5.74, 6) is 1.49. The first-order valence-corrected chi connectivity index (χ1v) is 6.54. The molecule has 4 atom stereocenters. The predicted molar refractivity (Wildman–Crippen MR) is 64.5 cm³/mol. The van der Waals surface area contributed by atoms with E-state index in [0.29, 0.717) is 5.75 Å². The maximum atomic E-state index is 9.65. The molecular weight excluding hydrogens is 228 g/mol. The zero-order valence-electron chi connectivity index (χ0n) is 9.67. The average molecular weight is 248 g/mol. The number of hydrogen-bond acceptors (Lipinski definition) is 5. The third-order valence-electron chi connectivity index (χ3n) is 2.50. The molecule has 0 saturated carbocycles. The maximum Gasteiger partial charge on any atom is 0.111 e. The molecule has 4 nitrogen and oxygen atoms in total. The van der Waals surface area contributed by atoms with Crippen LogP contribution < -0.4 is 0 Å². The summed E-state index contributed by atoms with van der Waals surface area (Å²) in [5, 5.41) is 28.4. The Hall–Kier alpha value is -0.0700. The molecule has 1 aliphatic heterocycles. The van der Waals surface area contributed by atoms with Gasteiger partial charge in [0.05, 0.1) is 12.7 Å². The van der Waals surface area contributed by atoms with Gasteiger partial charge in [-0.2, -0.15) is 11.8 Å². The van der Waals surface area contributed by atoms with Crippen LogP contribution in [0, 0.1) is 0 Å². The van der Waals surface area contributed by atoms with Crippen LogP contribution in [0.3, 0.4) is 0 Å². The van der Waals surface area contributed by atoms with Gasteiger partial charge < -0.3 is 20.1 Å². The lowest BCUT2D eigenvalue weighted by molar-refractivity contribution is -0.179. The first-order valence-electron chi connectivity index (χ1n) is 5.39. The van der Waals surface area contributed by atoms with E-state index in [4.69, 9.17) is 4.74 Å². The number of hydrogen-bond donors (Lipinski definition) is 3. The summed E-state index contributed by atoms with van der Waals surface area (Å²) < 4.78 is 5.28. The van der Waals surface area contributed by atoms with E-state index in [1.807, 2.05) is 13.8 Å². The van der Waals surface area contributed by atoms with Crippen LogP contribution in [-0.4, -0.2) is 57.8 Å². The third kappa shape index (κ3) is 4.07. The summed E-state index contributed by atoms with van der Waals surface area (Å²) in [7, 11) is 0. The van der Waals surface area contributed by atoms with E-state index in [9.17, 15) is 15.3 Å². The Kier molecular flexibility index (Phi) is 5.78. The molecular formula is C11H20O4S. The Morgan fingerprint density at radius 1 is 1.31 bits per heavy atom. The van der Waals surface area contributed by atoms with Crippen molar-refractivity contribution in [3.05, 3.63) is 11.6 Å². The van der Waals surface area contributed by atoms with Crippen LogP contribution in [-0.2, 0) is 4.74 Å². The van der Waals surface area contributed by atoms with E-state index in [1.54, 1.807) is 11.8 Å². The van der Waals surface area contributed by atoms with Gasteiger partial charge in [0.25, 0.3) is 0 Å². The van der Waals surface area contributed by atoms with Crippen molar-refractivity contribution in [2.45, 2.75) is 38.3 Å². The SMILES string of the molecule is CC(C)=CCSC[C@@H]1OC[C@@H](O)[C@H](O)[C@H]1O. The van der Waals surface area contributed by atoms with Crippen LogP contribution in [0.4, 0.5) is 0 Å².